The number of rotatable bonds is 4. The van der Waals surface area contributed by atoms with Gasteiger partial charge in [0.25, 0.3) is 0 Å². The van der Waals surface area contributed by atoms with Crippen molar-refractivity contribution in [3.8, 4) is 17.2 Å². The molecule has 1 aromatic rings. The van der Waals surface area contributed by atoms with E-state index >= 15 is 0 Å². The maximum absolute atomic E-state index is 5.41. The van der Waals surface area contributed by atoms with E-state index in [1.165, 1.54) is 0 Å². The average Bonchev–Trinajstić information content (AvgIpc) is 2.90. The van der Waals surface area contributed by atoms with Crippen molar-refractivity contribution in [3.63, 3.8) is 0 Å². The first-order valence-corrected chi connectivity index (χ1v) is 5.27. The van der Waals surface area contributed by atoms with Crippen molar-refractivity contribution in [3.05, 3.63) is 17.7 Å². The van der Waals surface area contributed by atoms with E-state index in [9.17, 15) is 0 Å². The van der Waals surface area contributed by atoms with Crippen molar-refractivity contribution in [2.24, 2.45) is 4.99 Å². The van der Waals surface area contributed by atoms with E-state index in [1.54, 1.807) is 21.3 Å². The SMILES string of the molecule is Br.COc1cc(C2=NCCO2)cc(OC)c1OC. The molecule has 18 heavy (non-hydrogen) atoms. The summed E-state index contributed by atoms with van der Waals surface area (Å²) in [6.45, 7) is 1.30. The fourth-order valence-electron chi connectivity index (χ4n) is 1.71. The van der Waals surface area contributed by atoms with Crippen molar-refractivity contribution in [1.29, 1.82) is 0 Å². The number of methoxy groups -OCH3 is 3. The predicted molar refractivity (Wildman–Crippen MR) is 73.8 cm³/mol. The van der Waals surface area contributed by atoms with Gasteiger partial charge in [-0.2, -0.15) is 0 Å². The number of hydrogen-bond donors (Lipinski definition) is 0. The highest BCUT2D eigenvalue weighted by Gasteiger charge is 2.18. The van der Waals surface area contributed by atoms with E-state index in [0.29, 0.717) is 36.3 Å². The lowest BCUT2D eigenvalue weighted by Crippen LogP contribution is -2.03. The summed E-state index contributed by atoms with van der Waals surface area (Å²) >= 11 is 0. The Bertz CT molecular complexity index is 423. The van der Waals surface area contributed by atoms with E-state index in [1.807, 2.05) is 12.1 Å². The van der Waals surface area contributed by atoms with Crippen molar-refractivity contribution >= 4 is 22.9 Å². The third-order valence-corrected chi connectivity index (χ3v) is 2.50. The van der Waals surface area contributed by atoms with Crippen molar-refractivity contribution < 1.29 is 18.9 Å². The Morgan fingerprint density at radius 1 is 1.06 bits per heavy atom. The Balaban J connectivity index is 0.00000162. The molecule has 1 aliphatic heterocycles. The van der Waals surface area contributed by atoms with Gasteiger partial charge in [0.05, 0.1) is 27.9 Å². The first kappa shape index (κ1) is 14.6. The summed E-state index contributed by atoms with van der Waals surface area (Å²) in [5, 5.41) is 0. The molecule has 0 aliphatic carbocycles. The van der Waals surface area contributed by atoms with Crippen LogP contribution in [0.4, 0.5) is 0 Å². The second kappa shape index (κ2) is 6.49. The molecule has 1 aliphatic rings. The highest BCUT2D eigenvalue weighted by molar-refractivity contribution is 8.93. The third kappa shape index (κ3) is 2.69. The molecular weight excluding hydrogens is 302 g/mol. The summed E-state index contributed by atoms with van der Waals surface area (Å²) in [5.41, 5.74) is 0.831. The Morgan fingerprint density at radius 2 is 1.67 bits per heavy atom. The van der Waals surface area contributed by atoms with E-state index < -0.39 is 0 Å². The van der Waals surface area contributed by atoms with Crippen LogP contribution in [0.1, 0.15) is 5.56 Å². The van der Waals surface area contributed by atoms with Gasteiger partial charge in [-0.15, -0.1) is 17.0 Å². The maximum Gasteiger partial charge on any atom is 0.216 e. The lowest BCUT2D eigenvalue weighted by Gasteiger charge is -2.13. The van der Waals surface area contributed by atoms with Gasteiger partial charge in [-0.1, -0.05) is 0 Å². The van der Waals surface area contributed by atoms with Gasteiger partial charge in [0.15, 0.2) is 11.5 Å². The molecule has 0 fully saturated rings. The largest absolute Gasteiger partial charge is 0.493 e. The molecule has 6 heteroatoms. The van der Waals surface area contributed by atoms with Crippen LogP contribution in [-0.2, 0) is 4.74 Å². The molecule has 0 spiro atoms. The Hall–Kier alpha value is -1.43. The van der Waals surface area contributed by atoms with Crippen LogP contribution in [0.2, 0.25) is 0 Å². The summed E-state index contributed by atoms with van der Waals surface area (Å²) in [4.78, 5) is 4.25. The van der Waals surface area contributed by atoms with Crippen molar-refractivity contribution in [1.82, 2.24) is 0 Å². The summed E-state index contributed by atoms with van der Waals surface area (Å²) in [6.07, 6.45) is 0. The molecule has 2 rings (SSSR count). The molecule has 0 saturated heterocycles. The number of hydrogen-bond acceptors (Lipinski definition) is 5. The minimum atomic E-state index is 0. The number of nitrogens with zero attached hydrogens (tertiary/aromatic N) is 1. The fraction of sp³-hybridized carbons (Fsp3) is 0.417. The quantitative estimate of drug-likeness (QED) is 0.853. The summed E-state index contributed by atoms with van der Waals surface area (Å²) in [7, 11) is 4.74. The summed E-state index contributed by atoms with van der Waals surface area (Å²) in [5.74, 6) is 2.38. The number of benzene rings is 1. The Labute approximate surface area is 116 Å². The van der Waals surface area contributed by atoms with Crippen LogP contribution in [0.5, 0.6) is 17.2 Å². The zero-order chi connectivity index (χ0) is 12.3. The van der Waals surface area contributed by atoms with Crippen molar-refractivity contribution in [2.45, 2.75) is 0 Å². The van der Waals surface area contributed by atoms with Crippen LogP contribution in [0.15, 0.2) is 17.1 Å². The second-order valence-corrected chi connectivity index (χ2v) is 3.45. The van der Waals surface area contributed by atoms with Gasteiger partial charge in [-0.25, -0.2) is 4.99 Å². The third-order valence-electron chi connectivity index (χ3n) is 2.50. The fourth-order valence-corrected chi connectivity index (χ4v) is 1.71. The molecule has 0 aromatic heterocycles. The lowest BCUT2D eigenvalue weighted by atomic mass is 10.2. The molecule has 0 radical (unpaired) electrons. The molecule has 1 aromatic carbocycles. The molecule has 0 bridgehead atoms. The second-order valence-electron chi connectivity index (χ2n) is 3.45. The number of aliphatic imine (C=N–C) groups is 1. The first-order valence-electron chi connectivity index (χ1n) is 5.27. The van der Waals surface area contributed by atoms with Gasteiger partial charge in [0.1, 0.15) is 6.61 Å². The molecule has 0 atom stereocenters. The standard InChI is InChI=1S/C12H15NO4.BrH/c1-14-9-6-8(12-13-4-5-17-12)7-10(15-2)11(9)16-3;/h6-7H,4-5H2,1-3H3;1H. The molecular formula is C12H16BrNO4. The molecule has 0 saturated carbocycles. The van der Waals surface area contributed by atoms with Gasteiger partial charge in [-0.05, 0) is 12.1 Å². The Kier molecular flexibility index (Phi) is 5.27. The van der Waals surface area contributed by atoms with Crippen LogP contribution in [0.3, 0.4) is 0 Å². The zero-order valence-electron chi connectivity index (χ0n) is 10.6. The summed E-state index contributed by atoms with van der Waals surface area (Å²) in [6, 6.07) is 3.65. The molecule has 1 heterocycles. The van der Waals surface area contributed by atoms with Gasteiger partial charge in [-0.3, -0.25) is 0 Å². The normalized spacial score (nSPS) is 13.2. The molecule has 100 valence electrons. The van der Waals surface area contributed by atoms with Crippen molar-refractivity contribution in [2.75, 3.05) is 34.5 Å². The number of ether oxygens (including phenoxy) is 4. The van der Waals surface area contributed by atoms with Crippen LogP contribution in [0, 0.1) is 0 Å². The molecule has 0 unspecified atom stereocenters. The first-order chi connectivity index (χ1) is 8.30. The highest BCUT2D eigenvalue weighted by Crippen LogP contribution is 2.38. The lowest BCUT2D eigenvalue weighted by molar-refractivity contribution is 0.323. The topological polar surface area (TPSA) is 49.3 Å². The van der Waals surface area contributed by atoms with Crippen LogP contribution in [0.25, 0.3) is 0 Å². The summed E-state index contributed by atoms with van der Waals surface area (Å²) < 4.78 is 21.2. The minimum Gasteiger partial charge on any atom is -0.493 e. The van der Waals surface area contributed by atoms with Crippen LogP contribution < -0.4 is 14.2 Å². The van der Waals surface area contributed by atoms with Crippen LogP contribution >= 0.6 is 17.0 Å². The van der Waals surface area contributed by atoms with Gasteiger partial charge in [0.2, 0.25) is 11.6 Å². The smallest absolute Gasteiger partial charge is 0.216 e. The number of halogens is 1. The van der Waals surface area contributed by atoms with E-state index in [2.05, 4.69) is 4.99 Å². The molecule has 0 amide bonds. The minimum absolute atomic E-state index is 0. The van der Waals surface area contributed by atoms with E-state index in [0.717, 1.165) is 5.56 Å². The van der Waals surface area contributed by atoms with E-state index in [-0.39, 0.29) is 17.0 Å². The van der Waals surface area contributed by atoms with Crippen LogP contribution in [-0.4, -0.2) is 40.4 Å². The average molecular weight is 318 g/mol. The zero-order valence-corrected chi connectivity index (χ0v) is 12.3. The predicted octanol–water partition coefficient (Wildman–Crippen LogP) is 2.07. The Morgan fingerprint density at radius 3 is 2.06 bits per heavy atom. The van der Waals surface area contributed by atoms with Gasteiger partial charge in [0, 0.05) is 5.56 Å². The molecule has 0 N–H and O–H groups in total. The van der Waals surface area contributed by atoms with E-state index in [4.69, 9.17) is 18.9 Å². The van der Waals surface area contributed by atoms with Gasteiger partial charge < -0.3 is 18.9 Å². The highest BCUT2D eigenvalue weighted by atomic mass is 79.9. The maximum atomic E-state index is 5.41. The molecule has 5 nitrogen and oxygen atoms in total. The van der Waals surface area contributed by atoms with Gasteiger partial charge >= 0.3 is 0 Å². The monoisotopic (exact) mass is 317 g/mol.